The second-order valence-corrected chi connectivity index (χ2v) is 8.07. The van der Waals surface area contributed by atoms with Gasteiger partial charge in [-0.15, -0.1) is 22.7 Å². The maximum Gasteiger partial charge on any atom is 0.231 e. The van der Waals surface area contributed by atoms with Crippen molar-refractivity contribution in [3.63, 3.8) is 0 Å². The highest BCUT2D eigenvalue weighted by Gasteiger charge is 2.13. The number of fused-ring (bicyclic) bond motifs is 1. The molecule has 0 bridgehead atoms. The van der Waals surface area contributed by atoms with Crippen molar-refractivity contribution in [3.05, 3.63) is 53.6 Å². The molecular weight excluding hydrogens is 420 g/mol. The Hall–Kier alpha value is -3.57. The van der Waals surface area contributed by atoms with Crippen molar-refractivity contribution < 1.29 is 4.74 Å². The smallest absolute Gasteiger partial charge is 0.231 e. The number of aryl methyl sites for hydroxylation is 1. The molecule has 0 aliphatic carbocycles. The van der Waals surface area contributed by atoms with Crippen molar-refractivity contribution in [2.45, 2.75) is 6.92 Å². The number of hydrogen-bond donors (Lipinski definition) is 2. The Morgan fingerprint density at radius 3 is 2.77 bits per heavy atom. The van der Waals surface area contributed by atoms with Gasteiger partial charge in [-0.1, -0.05) is 0 Å². The van der Waals surface area contributed by atoms with Gasteiger partial charge in [0, 0.05) is 18.0 Å². The molecule has 0 saturated carbocycles. The Morgan fingerprint density at radius 1 is 1.07 bits per heavy atom. The molecule has 0 saturated heterocycles. The zero-order chi connectivity index (χ0) is 20.5. The Morgan fingerprint density at radius 2 is 2.00 bits per heavy atom. The first-order chi connectivity index (χ1) is 14.7. The predicted molar refractivity (Wildman–Crippen MR) is 119 cm³/mol. The molecule has 0 aliphatic rings. The number of benzene rings is 1. The number of thiazole rings is 2. The zero-order valence-corrected chi connectivity index (χ0v) is 17.7. The number of methoxy groups -OCH3 is 1. The molecule has 0 atom stereocenters. The molecule has 1 aromatic carbocycles. The summed E-state index contributed by atoms with van der Waals surface area (Å²) in [5.74, 6) is 1.83. The van der Waals surface area contributed by atoms with Gasteiger partial charge in [-0.05, 0) is 19.1 Å². The molecule has 11 heteroatoms. The van der Waals surface area contributed by atoms with Crippen LogP contribution in [0.3, 0.4) is 0 Å². The van der Waals surface area contributed by atoms with Crippen molar-refractivity contribution >= 4 is 55.5 Å². The molecule has 150 valence electrons. The standard InChI is InChI=1S/C19H16N8OS2/c1-11-7-27(8-21-11)13-4-3-12(5-14(13)28-2)23-19-25-17-16(30-10-22-17)18(26-19)24-15-6-20-9-29-15/h3-10H,1-2H3,(H2,23,24,25,26). The van der Waals surface area contributed by atoms with Crippen LogP contribution in [0.5, 0.6) is 5.75 Å². The first-order valence-electron chi connectivity index (χ1n) is 8.92. The summed E-state index contributed by atoms with van der Waals surface area (Å²) in [7, 11) is 1.64. The summed E-state index contributed by atoms with van der Waals surface area (Å²) in [5.41, 5.74) is 6.78. The van der Waals surface area contributed by atoms with Crippen LogP contribution in [0.1, 0.15) is 5.69 Å². The topological polar surface area (TPSA) is 103 Å². The number of nitrogens with one attached hydrogen (secondary N) is 2. The minimum atomic E-state index is 0.439. The minimum absolute atomic E-state index is 0.439. The van der Waals surface area contributed by atoms with Crippen LogP contribution in [-0.4, -0.2) is 36.6 Å². The fourth-order valence-electron chi connectivity index (χ4n) is 2.95. The summed E-state index contributed by atoms with van der Waals surface area (Å²) in [4.78, 5) is 21.9. The first kappa shape index (κ1) is 18.5. The third kappa shape index (κ3) is 3.55. The van der Waals surface area contributed by atoms with E-state index in [0.717, 1.165) is 26.8 Å². The second kappa shape index (κ2) is 7.69. The number of anilines is 4. The van der Waals surface area contributed by atoms with Crippen LogP contribution in [0.15, 0.2) is 47.9 Å². The average molecular weight is 437 g/mol. The van der Waals surface area contributed by atoms with Crippen molar-refractivity contribution in [2.24, 2.45) is 0 Å². The summed E-state index contributed by atoms with van der Waals surface area (Å²) >= 11 is 2.99. The maximum atomic E-state index is 5.58. The molecule has 0 radical (unpaired) electrons. The number of hydrogen-bond acceptors (Lipinski definition) is 10. The summed E-state index contributed by atoms with van der Waals surface area (Å²) < 4.78 is 8.39. The number of nitrogens with zero attached hydrogens (tertiary/aromatic N) is 6. The largest absolute Gasteiger partial charge is 0.494 e. The Kier molecular flexibility index (Phi) is 4.73. The van der Waals surface area contributed by atoms with Crippen molar-refractivity contribution in [1.29, 1.82) is 0 Å². The van der Waals surface area contributed by atoms with Crippen molar-refractivity contribution in [3.8, 4) is 11.4 Å². The molecule has 0 fully saturated rings. The quantitative estimate of drug-likeness (QED) is 0.400. The van der Waals surface area contributed by atoms with Crippen LogP contribution in [0, 0.1) is 6.92 Å². The summed E-state index contributed by atoms with van der Waals surface area (Å²) in [6.45, 7) is 1.95. The predicted octanol–water partition coefficient (Wildman–Crippen LogP) is 4.53. The van der Waals surface area contributed by atoms with E-state index in [4.69, 9.17) is 4.74 Å². The molecule has 0 unspecified atom stereocenters. The van der Waals surface area contributed by atoms with Crippen LogP contribution in [0.4, 0.5) is 22.5 Å². The van der Waals surface area contributed by atoms with Gasteiger partial charge >= 0.3 is 0 Å². The van der Waals surface area contributed by atoms with Gasteiger partial charge in [-0.3, -0.25) is 4.98 Å². The fraction of sp³-hybridized carbons (Fsp3) is 0.105. The van der Waals surface area contributed by atoms with E-state index >= 15 is 0 Å². The van der Waals surface area contributed by atoms with E-state index in [9.17, 15) is 0 Å². The molecule has 0 amide bonds. The third-order valence-corrected chi connectivity index (χ3v) is 5.80. The monoisotopic (exact) mass is 436 g/mol. The van der Waals surface area contributed by atoms with E-state index in [1.165, 1.54) is 22.7 Å². The van der Waals surface area contributed by atoms with Gasteiger partial charge in [0.1, 0.15) is 15.5 Å². The minimum Gasteiger partial charge on any atom is -0.494 e. The molecule has 2 N–H and O–H groups in total. The lowest BCUT2D eigenvalue weighted by molar-refractivity contribution is 0.413. The SMILES string of the molecule is COc1cc(Nc2nc(Nc3cncs3)c3scnc3n2)ccc1-n1cnc(C)c1. The van der Waals surface area contributed by atoms with Gasteiger partial charge in [-0.25, -0.2) is 9.97 Å². The van der Waals surface area contributed by atoms with Gasteiger partial charge < -0.3 is 19.9 Å². The lowest BCUT2D eigenvalue weighted by Crippen LogP contribution is -2.02. The van der Waals surface area contributed by atoms with Crippen molar-refractivity contribution in [1.82, 2.24) is 29.5 Å². The summed E-state index contributed by atoms with van der Waals surface area (Å²) in [6, 6.07) is 5.80. The highest BCUT2D eigenvalue weighted by atomic mass is 32.1. The van der Waals surface area contributed by atoms with Crippen LogP contribution in [0.25, 0.3) is 16.0 Å². The number of imidazole rings is 1. The average Bonchev–Trinajstić information content (AvgIpc) is 3.50. The molecule has 5 aromatic rings. The number of ether oxygens (including phenoxy) is 1. The Labute approximate surface area is 179 Å². The lowest BCUT2D eigenvalue weighted by Gasteiger charge is -2.12. The molecule has 4 aromatic heterocycles. The van der Waals surface area contributed by atoms with E-state index in [0.29, 0.717) is 23.2 Å². The fourth-order valence-corrected chi connectivity index (χ4v) is 4.13. The second-order valence-electron chi connectivity index (χ2n) is 6.33. The van der Waals surface area contributed by atoms with Crippen molar-refractivity contribution in [2.75, 3.05) is 17.7 Å². The van der Waals surface area contributed by atoms with E-state index in [-0.39, 0.29) is 0 Å². The lowest BCUT2D eigenvalue weighted by atomic mass is 10.2. The molecule has 0 aliphatic heterocycles. The van der Waals surface area contributed by atoms with Crippen LogP contribution >= 0.6 is 22.7 Å². The molecule has 30 heavy (non-hydrogen) atoms. The molecular formula is C19H16N8OS2. The van der Waals surface area contributed by atoms with E-state index in [1.54, 1.807) is 30.7 Å². The van der Waals surface area contributed by atoms with E-state index < -0.39 is 0 Å². The normalized spacial score (nSPS) is 11.0. The van der Waals surface area contributed by atoms with Crippen LogP contribution in [-0.2, 0) is 0 Å². The molecule has 4 heterocycles. The van der Waals surface area contributed by atoms with E-state index in [1.807, 2.05) is 35.9 Å². The van der Waals surface area contributed by atoms with E-state index in [2.05, 4.69) is 35.6 Å². The summed E-state index contributed by atoms with van der Waals surface area (Å²) in [5, 5.41) is 7.44. The highest BCUT2D eigenvalue weighted by Crippen LogP contribution is 2.31. The Balaban J connectivity index is 1.48. The molecule has 5 rings (SSSR count). The van der Waals surface area contributed by atoms with Crippen LogP contribution in [0.2, 0.25) is 0 Å². The van der Waals surface area contributed by atoms with Gasteiger partial charge in [0.05, 0.1) is 42.0 Å². The molecule has 9 nitrogen and oxygen atoms in total. The van der Waals surface area contributed by atoms with Gasteiger partial charge in [-0.2, -0.15) is 9.97 Å². The molecule has 0 spiro atoms. The van der Waals surface area contributed by atoms with Gasteiger partial charge in [0.2, 0.25) is 5.95 Å². The number of rotatable bonds is 6. The first-order valence-corrected chi connectivity index (χ1v) is 10.7. The van der Waals surface area contributed by atoms with Gasteiger partial charge in [0.15, 0.2) is 11.5 Å². The maximum absolute atomic E-state index is 5.58. The highest BCUT2D eigenvalue weighted by molar-refractivity contribution is 7.17. The van der Waals surface area contributed by atoms with Crippen LogP contribution < -0.4 is 15.4 Å². The summed E-state index contributed by atoms with van der Waals surface area (Å²) in [6.07, 6.45) is 5.46. The van der Waals surface area contributed by atoms with Gasteiger partial charge in [0.25, 0.3) is 0 Å². The number of aromatic nitrogens is 6. The third-order valence-electron chi connectivity index (χ3n) is 4.29. The Bertz CT molecular complexity index is 1310. The zero-order valence-electron chi connectivity index (χ0n) is 16.0.